The molecule has 0 aliphatic heterocycles. The first kappa shape index (κ1) is 18.6. The summed E-state index contributed by atoms with van der Waals surface area (Å²) in [5.74, 6) is 0.349. The Kier molecular flexibility index (Phi) is 6.22. The third-order valence-electron chi connectivity index (χ3n) is 3.73. The maximum absolute atomic E-state index is 11.8. The van der Waals surface area contributed by atoms with Crippen molar-refractivity contribution >= 4 is 17.8 Å². The number of carbonyl (C=O) groups excluding carboxylic acids is 1. The van der Waals surface area contributed by atoms with Crippen molar-refractivity contribution in [2.75, 3.05) is 25.6 Å². The van der Waals surface area contributed by atoms with Crippen LogP contribution in [0.5, 0.6) is 5.75 Å². The standard InChI is InChI=1S/C19H26N4O2/c1-14(2)23-12-16(9-15(23)3)11-20-21-19(24)13-25-18-8-6-7-17(10-18)22(4)5/h6-12,14H,13H2,1-5H3,(H,21,24)/b20-11+. The first-order valence-corrected chi connectivity index (χ1v) is 8.27. The second-order valence-electron chi connectivity index (χ2n) is 6.39. The number of rotatable bonds is 7. The minimum absolute atomic E-state index is 0.0831. The summed E-state index contributed by atoms with van der Waals surface area (Å²) in [5.41, 5.74) is 5.61. The van der Waals surface area contributed by atoms with Crippen molar-refractivity contribution in [2.24, 2.45) is 5.10 Å². The van der Waals surface area contributed by atoms with Crippen LogP contribution in [0.4, 0.5) is 5.69 Å². The van der Waals surface area contributed by atoms with E-state index in [1.165, 1.54) is 0 Å². The van der Waals surface area contributed by atoms with Gasteiger partial charge in [-0.25, -0.2) is 5.43 Å². The van der Waals surface area contributed by atoms with Crippen molar-refractivity contribution in [1.29, 1.82) is 0 Å². The molecular weight excluding hydrogens is 316 g/mol. The molecule has 1 aromatic heterocycles. The van der Waals surface area contributed by atoms with E-state index in [9.17, 15) is 4.79 Å². The van der Waals surface area contributed by atoms with Crippen LogP contribution in [0.1, 0.15) is 31.1 Å². The highest BCUT2D eigenvalue weighted by molar-refractivity contribution is 5.83. The van der Waals surface area contributed by atoms with E-state index in [1.54, 1.807) is 6.21 Å². The monoisotopic (exact) mass is 342 g/mol. The molecule has 1 heterocycles. The van der Waals surface area contributed by atoms with Crippen molar-refractivity contribution in [3.05, 3.63) is 47.8 Å². The van der Waals surface area contributed by atoms with Crippen LogP contribution in [0.15, 0.2) is 41.6 Å². The summed E-state index contributed by atoms with van der Waals surface area (Å²) in [7, 11) is 3.91. The van der Waals surface area contributed by atoms with Gasteiger partial charge in [0.05, 0.1) is 6.21 Å². The molecule has 0 radical (unpaired) electrons. The molecule has 0 bridgehead atoms. The van der Waals surface area contributed by atoms with Crippen LogP contribution >= 0.6 is 0 Å². The first-order valence-electron chi connectivity index (χ1n) is 8.27. The molecule has 0 unspecified atom stereocenters. The minimum atomic E-state index is -0.300. The van der Waals surface area contributed by atoms with E-state index in [0.29, 0.717) is 11.8 Å². The maximum atomic E-state index is 11.8. The largest absolute Gasteiger partial charge is 0.484 e. The number of anilines is 1. The molecule has 6 heteroatoms. The number of aryl methyl sites for hydroxylation is 1. The quantitative estimate of drug-likeness (QED) is 0.622. The second kappa shape index (κ2) is 8.37. The number of carbonyl (C=O) groups is 1. The Hall–Kier alpha value is -2.76. The number of nitrogens with zero attached hydrogens (tertiary/aromatic N) is 3. The van der Waals surface area contributed by atoms with Gasteiger partial charge >= 0.3 is 0 Å². The number of amides is 1. The Bertz CT molecular complexity index is 748. The predicted molar refractivity (Wildman–Crippen MR) is 102 cm³/mol. The topological polar surface area (TPSA) is 58.9 Å². The molecule has 0 saturated heterocycles. The Balaban J connectivity index is 1.84. The van der Waals surface area contributed by atoms with E-state index < -0.39 is 0 Å². The summed E-state index contributed by atoms with van der Waals surface area (Å²) in [5, 5.41) is 3.99. The van der Waals surface area contributed by atoms with Crippen LogP contribution < -0.4 is 15.1 Å². The van der Waals surface area contributed by atoms with Crippen LogP contribution in [0.3, 0.4) is 0 Å². The lowest BCUT2D eigenvalue weighted by molar-refractivity contribution is -0.123. The normalized spacial score (nSPS) is 11.1. The molecule has 0 saturated carbocycles. The maximum Gasteiger partial charge on any atom is 0.277 e. The Labute approximate surface area is 149 Å². The highest BCUT2D eigenvalue weighted by atomic mass is 16.5. The fourth-order valence-corrected chi connectivity index (χ4v) is 2.45. The summed E-state index contributed by atoms with van der Waals surface area (Å²) in [6.45, 7) is 6.21. The van der Waals surface area contributed by atoms with Gasteiger partial charge in [-0.05, 0) is 39.0 Å². The lowest BCUT2D eigenvalue weighted by Gasteiger charge is -2.13. The number of benzene rings is 1. The fraction of sp³-hybridized carbons (Fsp3) is 0.368. The van der Waals surface area contributed by atoms with Gasteiger partial charge < -0.3 is 14.2 Å². The van der Waals surface area contributed by atoms with Crippen LogP contribution in [0.25, 0.3) is 0 Å². The number of nitrogens with one attached hydrogen (secondary N) is 1. The van der Waals surface area contributed by atoms with Gasteiger partial charge in [0.15, 0.2) is 6.61 Å². The number of hydrazone groups is 1. The number of hydrogen-bond donors (Lipinski definition) is 1. The zero-order valence-corrected chi connectivity index (χ0v) is 15.5. The van der Waals surface area contributed by atoms with E-state index in [4.69, 9.17) is 4.74 Å². The number of hydrogen-bond acceptors (Lipinski definition) is 4. The van der Waals surface area contributed by atoms with Gasteiger partial charge in [0.1, 0.15) is 5.75 Å². The van der Waals surface area contributed by atoms with Gasteiger partial charge in [-0.2, -0.15) is 5.10 Å². The van der Waals surface area contributed by atoms with Crippen molar-refractivity contribution in [3.8, 4) is 5.75 Å². The van der Waals surface area contributed by atoms with E-state index in [0.717, 1.165) is 16.9 Å². The van der Waals surface area contributed by atoms with Crippen LogP contribution in [0, 0.1) is 6.92 Å². The predicted octanol–water partition coefficient (Wildman–Crippen LogP) is 2.97. The minimum Gasteiger partial charge on any atom is -0.484 e. The molecule has 0 aliphatic carbocycles. The molecule has 25 heavy (non-hydrogen) atoms. The smallest absolute Gasteiger partial charge is 0.277 e. The van der Waals surface area contributed by atoms with E-state index in [1.807, 2.05) is 62.4 Å². The molecule has 0 aliphatic rings. The average Bonchev–Trinajstić information content (AvgIpc) is 2.94. The van der Waals surface area contributed by atoms with E-state index in [-0.39, 0.29) is 12.5 Å². The molecule has 134 valence electrons. The molecule has 2 aromatic rings. The summed E-state index contributed by atoms with van der Waals surface area (Å²) in [6, 6.07) is 9.99. The van der Waals surface area contributed by atoms with Crippen molar-refractivity contribution in [2.45, 2.75) is 26.8 Å². The molecular formula is C19H26N4O2. The van der Waals surface area contributed by atoms with Crippen LogP contribution in [0.2, 0.25) is 0 Å². The lowest BCUT2D eigenvalue weighted by Crippen LogP contribution is -2.24. The van der Waals surface area contributed by atoms with Crippen LogP contribution in [-0.2, 0) is 4.79 Å². The second-order valence-corrected chi connectivity index (χ2v) is 6.39. The summed E-state index contributed by atoms with van der Waals surface area (Å²) in [6.07, 6.45) is 3.65. The fourth-order valence-electron chi connectivity index (χ4n) is 2.45. The van der Waals surface area contributed by atoms with E-state index in [2.05, 4.69) is 28.9 Å². The number of aromatic nitrogens is 1. The average molecular weight is 342 g/mol. The van der Waals surface area contributed by atoms with Gasteiger partial charge in [-0.1, -0.05) is 6.07 Å². The Morgan fingerprint density at radius 2 is 2.12 bits per heavy atom. The molecule has 1 N–H and O–H groups in total. The summed E-state index contributed by atoms with van der Waals surface area (Å²) in [4.78, 5) is 13.8. The molecule has 6 nitrogen and oxygen atoms in total. The highest BCUT2D eigenvalue weighted by Crippen LogP contribution is 2.19. The SMILES string of the molecule is Cc1cc(/C=N/NC(=O)COc2cccc(N(C)C)c2)cn1C(C)C. The van der Waals surface area contributed by atoms with Gasteiger partial charge in [-0.15, -0.1) is 0 Å². The van der Waals surface area contributed by atoms with Crippen molar-refractivity contribution in [3.63, 3.8) is 0 Å². The molecule has 1 amide bonds. The van der Waals surface area contributed by atoms with Gasteiger partial charge in [0.25, 0.3) is 5.91 Å². The summed E-state index contributed by atoms with van der Waals surface area (Å²) >= 11 is 0. The summed E-state index contributed by atoms with van der Waals surface area (Å²) < 4.78 is 7.66. The third kappa shape index (κ3) is 5.38. The molecule has 0 atom stereocenters. The van der Waals surface area contributed by atoms with E-state index >= 15 is 0 Å². The Morgan fingerprint density at radius 1 is 1.36 bits per heavy atom. The Morgan fingerprint density at radius 3 is 2.76 bits per heavy atom. The van der Waals surface area contributed by atoms with Gasteiger partial charge in [0.2, 0.25) is 0 Å². The molecule has 0 spiro atoms. The number of ether oxygens (including phenoxy) is 1. The van der Waals surface area contributed by atoms with Gasteiger partial charge in [-0.3, -0.25) is 4.79 Å². The third-order valence-corrected chi connectivity index (χ3v) is 3.73. The lowest BCUT2D eigenvalue weighted by atomic mass is 10.3. The molecule has 2 rings (SSSR count). The van der Waals surface area contributed by atoms with Gasteiger partial charge in [0, 0.05) is 49.3 Å². The van der Waals surface area contributed by atoms with Crippen LogP contribution in [-0.4, -0.2) is 37.4 Å². The van der Waals surface area contributed by atoms with Crippen molar-refractivity contribution in [1.82, 2.24) is 9.99 Å². The molecule has 1 aromatic carbocycles. The molecule has 0 fully saturated rings. The zero-order chi connectivity index (χ0) is 18.4. The zero-order valence-electron chi connectivity index (χ0n) is 15.5. The first-order chi connectivity index (χ1) is 11.9. The highest BCUT2D eigenvalue weighted by Gasteiger charge is 2.05. The van der Waals surface area contributed by atoms with Crippen molar-refractivity contribution < 1.29 is 9.53 Å².